The van der Waals surface area contributed by atoms with E-state index in [1.165, 1.54) is 18.3 Å². The van der Waals surface area contributed by atoms with Crippen molar-refractivity contribution in [1.82, 2.24) is 4.98 Å². The van der Waals surface area contributed by atoms with Crippen LogP contribution in [0.1, 0.15) is 5.56 Å². The smallest absolute Gasteiger partial charge is 0.384 e. The fraction of sp³-hybridized carbons (Fsp3) is 0.0833. The van der Waals surface area contributed by atoms with Gasteiger partial charge in [0, 0.05) is 18.0 Å². The summed E-state index contributed by atoms with van der Waals surface area (Å²) in [4.78, 5) is 3.79. The lowest BCUT2D eigenvalue weighted by Gasteiger charge is -2.12. The molecule has 1 aromatic carbocycles. The predicted octanol–water partition coefficient (Wildman–Crippen LogP) is 4.08. The molecule has 0 aliphatic heterocycles. The van der Waals surface area contributed by atoms with Crippen LogP contribution < -0.4 is 11.1 Å². The van der Waals surface area contributed by atoms with E-state index in [0.717, 1.165) is 12.1 Å². The molecule has 0 spiro atoms. The van der Waals surface area contributed by atoms with Gasteiger partial charge in [0.25, 0.3) is 0 Å². The minimum atomic E-state index is -4.42. The molecule has 0 atom stereocenters. The number of nitrogens with zero attached hydrogens (tertiary/aromatic N) is 1. The normalized spacial score (nSPS) is 11.4. The molecule has 0 saturated heterocycles. The average molecular weight is 288 g/mol. The Bertz CT molecular complexity index is 599. The van der Waals surface area contributed by atoms with Gasteiger partial charge in [-0.1, -0.05) is 11.6 Å². The first kappa shape index (κ1) is 13.5. The topological polar surface area (TPSA) is 50.9 Å². The molecule has 100 valence electrons. The Hall–Kier alpha value is -1.95. The summed E-state index contributed by atoms with van der Waals surface area (Å²) >= 11 is 5.86. The van der Waals surface area contributed by atoms with Gasteiger partial charge in [0.1, 0.15) is 5.82 Å². The third-order valence-electron chi connectivity index (χ3n) is 2.35. The van der Waals surface area contributed by atoms with Crippen LogP contribution in [0.25, 0.3) is 0 Å². The van der Waals surface area contributed by atoms with E-state index in [2.05, 4.69) is 10.3 Å². The third-order valence-corrected chi connectivity index (χ3v) is 2.68. The molecular weight excluding hydrogens is 279 g/mol. The minimum absolute atomic E-state index is 0.155. The van der Waals surface area contributed by atoms with E-state index in [9.17, 15) is 13.2 Å². The van der Waals surface area contributed by atoms with Crippen LogP contribution in [-0.4, -0.2) is 4.98 Å². The Balaban J connectivity index is 2.34. The first-order chi connectivity index (χ1) is 8.86. The number of hydrogen-bond donors (Lipinski definition) is 2. The summed E-state index contributed by atoms with van der Waals surface area (Å²) in [6, 6.07) is 6.13. The highest BCUT2D eigenvalue weighted by Crippen LogP contribution is 2.34. The van der Waals surface area contributed by atoms with Gasteiger partial charge in [-0.3, -0.25) is 0 Å². The molecule has 0 aliphatic carbocycles. The van der Waals surface area contributed by atoms with Crippen molar-refractivity contribution in [3.05, 3.63) is 47.1 Å². The van der Waals surface area contributed by atoms with Crippen LogP contribution in [0.5, 0.6) is 0 Å². The lowest BCUT2D eigenvalue weighted by molar-refractivity contribution is -0.137. The minimum Gasteiger partial charge on any atom is -0.384 e. The van der Waals surface area contributed by atoms with Crippen molar-refractivity contribution in [3.8, 4) is 0 Å². The highest BCUT2D eigenvalue weighted by atomic mass is 35.5. The molecule has 19 heavy (non-hydrogen) atoms. The molecule has 1 aromatic heterocycles. The van der Waals surface area contributed by atoms with Crippen molar-refractivity contribution >= 4 is 28.8 Å². The fourth-order valence-corrected chi connectivity index (χ4v) is 1.64. The molecule has 3 nitrogen and oxygen atoms in total. The summed E-state index contributed by atoms with van der Waals surface area (Å²) in [6.07, 6.45) is -2.97. The first-order valence-corrected chi connectivity index (χ1v) is 5.59. The van der Waals surface area contributed by atoms with Crippen molar-refractivity contribution < 1.29 is 13.2 Å². The number of nitrogens with two attached hydrogens (primary N) is 1. The summed E-state index contributed by atoms with van der Waals surface area (Å²) in [5.41, 5.74) is 5.37. The van der Waals surface area contributed by atoms with Gasteiger partial charge >= 0.3 is 6.18 Å². The SMILES string of the molecule is Nc1cc(Nc2cc(C(F)(F)F)ccc2Cl)ccn1. The van der Waals surface area contributed by atoms with Gasteiger partial charge < -0.3 is 11.1 Å². The Morgan fingerprint density at radius 2 is 1.89 bits per heavy atom. The summed E-state index contributed by atoms with van der Waals surface area (Å²) in [5.74, 6) is 0.257. The van der Waals surface area contributed by atoms with Crippen molar-refractivity contribution in [2.75, 3.05) is 11.1 Å². The van der Waals surface area contributed by atoms with Crippen molar-refractivity contribution in [1.29, 1.82) is 0 Å². The van der Waals surface area contributed by atoms with E-state index in [1.807, 2.05) is 0 Å². The largest absolute Gasteiger partial charge is 0.416 e. The fourth-order valence-electron chi connectivity index (χ4n) is 1.48. The van der Waals surface area contributed by atoms with Gasteiger partial charge in [0.05, 0.1) is 16.3 Å². The standard InChI is InChI=1S/C12H9ClF3N3/c13-9-2-1-7(12(14,15)16)5-10(9)19-8-3-4-18-11(17)6-8/h1-6H,(H3,17,18,19). The van der Waals surface area contributed by atoms with E-state index in [4.69, 9.17) is 17.3 Å². The van der Waals surface area contributed by atoms with E-state index < -0.39 is 11.7 Å². The number of alkyl halides is 3. The van der Waals surface area contributed by atoms with E-state index in [-0.39, 0.29) is 16.5 Å². The molecule has 0 radical (unpaired) electrons. The molecule has 0 bridgehead atoms. The monoisotopic (exact) mass is 287 g/mol. The van der Waals surface area contributed by atoms with Crippen LogP contribution >= 0.6 is 11.6 Å². The number of nitrogen functional groups attached to an aromatic ring is 1. The van der Waals surface area contributed by atoms with Gasteiger partial charge in [0.15, 0.2) is 0 Å². The lowest BCUT2D eigenvalue weighted by atomic mass is 10.2. The first-order valence-electron chi connectivity index (χ1n) is 5.21. The highest BCUT2D eigenvalue weighted by Gasteiger charge is 2.30. The second kappa shape index (κ2) is 4.97. The number of hydrogen-bond acceptors (Lipinski definition) is 3. The predicted molar refractivity (Wildman–Crippen MR) is 68.4 cm³/mol. The quantitative estimate of drug-likeness (QED) is 0.875. The summed E-state index contributed by atoms with van der Waals surface area (Å²) in [6.45, 7) is 0. The van der Waals surface area contributed by atoms with E-state index in [0.29, 0.717) is 5.69 Å². The van der Waals surface area contributed by atoms with Gasteiger partial charge in [-0.05, 0) is 24.3 Å². The molecular formula is C12H9ClF3N3. The van der Waals surface area contributed by atoms with Crippen molar-refractivity contribution in [3.63, 3.8) is 0 Å². The zero-order valence-corrected chi connectivity index (χ0v) is 10.3. The molecule has 2 aromatic rings. The van der Waals surface area contributed by atoms with Crippen LogP contribution in [0.15, 0.2) is 36.5 Å². The van der Waals surface area contributed by atoms with Crippen molar-refractivity contribution in [2.24, 2.45) is 0 Å². The molecule has 3 N–H and O–H groups in total. The zero-order chi connectivity index (χ0) is 14.0. The third kappa shape index (κ3) is 3.29. The molecule has 0 unspecified atom stereocenters. The lowest BCUT2D eigenvalue weighted by Crippen LogP contribution is -2.05. The van der Waals surface area contributed by atoms with Crippen LogP contribution in [0, 0.1) is 0 Å². The number of nitrogens with one attached hydrogen (secondary N) is 1. The Morgan fingerprint density at radius 1 is 1.16 bits per heavy atom. The van der Waals surface area contributed by atoms with Crippen molar-refractivity contribution in [2.45, 2.75) is 6.18 Å². The number of anilines is 3. The average Bonchev–Trinajstić information content (AvgIpc) is 2.30. The van der Waals surface area contributed by atoms with Gasteiger partial charge in [-0.15, -0.1) is 0 Å². The van der Waals surface area contributed by atoms with Crippen LogP contribution in [0.4, 0.5) is 30.4 Å². The van der Waals surface area contributed by atoms with Gasteiger partial charge in [-0.2, -0.15) is 13.2 Å². The Kier molecular flexibility index (Phi) is 3.53. The maximum Gasteiger partial charge on any atom is 0.416 e. The van der Waals surface area contributed by atoms with E-state index >= 15 is 0 Å². The molecule has 2 rings (SSSR count). The molecule has 0 fully saturated rings. The highest BCUT2D eigenvalue weighted by molar-refractivity contribution is 6.33. The zero-order valence-electron chi connectivity index (χ0n) is 9.50. The molecule has 0 aliphatic rings. The van der Waals surface area contributed by atoms with Crippen LogP contribution in [0.2, 0.25) is 5.02 Å². The van der Waals surface area contributed by atoms with Gasteiger partial charge in [-0.25, -0.2) is 4.98 Å². The summed E-state index contributed by atoms with van der Waals surface area (Å²) < 4.78 is 37.8. The number of pyridine rings is 1. The van der Waals surface area contributed by atoms with Crippen LogP contribution in [-0.2, 0) is 6.18 Å². The van der Waals surface area contributed by atoms with Crippen LogP contribution in [0.3, 0.4) is 0 Å². The van der Waals surface area contributed by atoms with Gasteiger partial charge in [0.2, 0.25) is 0 Å². The Labute approximate surface area is 112 Å². The van der Waals surface area contributed by atoms with E-state index in [1.54, 1.807) is 6.07 Å². The molecule has 1 heterocycles. The molecule has 7 heteroatoms. The number of benzene rings is 1. The number of halogens is 4. The summed E-state index contributed by atoms with van der Waals surface area (Å²) in [5, 5.41) is 2.96. The Morgan fingerprint density at radius 3 is 2.53 bits per heavy atom. The second-order valence-corrected chi connectivity index (χ2v) is 4.19. The number of rotatable bonds is 2. The maximum absolute atomic E-state index is 12.6. The maximum atomic E-state index is 12.6. The molecule has 0 saturated carbocycles. The number of aromatic nitrogens is 1. The summed E-state index contributed by atoms with van der Waals surface area (Å²) in [7, 11) is 0. The second-order valence-electron chi connectivity index (χ2n) is 3.79. The molecule has 0 amide bonds.